The maximum Gasteiger partial charge on any atom is 0.324 e. The molecule has 116 valence electrons. The highest BCUT2D eigenvalue weighted by Crippen LogP contribution is 2.23. The number of thiophene rings is 1. The smallest absolute Gasteiger partial charge is 0.324 e. The fourth-order valence-electron chi connectivity index (χ4n) is 2.36. The normalized spacial score (nSPS) is 16.4. The number of likely N-dealkylation sites (tertiary alicyclic amines) is 1. The van der Waals surface area contributed by atoms with Crippen molar-refractivity contribution in [3.63, 3.8) is 0 Å². The number of likely N-dealkylation sites (N-methyl/N-ethyl adjacent to an activating group) is 1. The summed E-state index contributed by atoms with van der Waals surface area (Å²) < 4.78 is 0. The molecular weight excluding hydrogens is 294 g/mol. The summed E-state index contributed by atoms with van der Waals surface area (Å²) in [5.41, 5.74) is 0.844. The molecule has 21 heavy (non-hydrogen) atoms. The van der Waals surface area contributed by atoms with Gasteiger partial charge in [0, 0.05) is 31.1 Å². The summed E-state index contributed by atoms with van der Waals surface area (Å²) >= 11 is 1.10. The lowest BCUT2D eigenvalue weighted by Gasteiger charge is -2.31. The van der Waals surface area contributed by atoms with Crippen molar-refractivity contribution in [2.24, 2.45) is 0 Å². The predicted molar refractivity (Wildman–Crippen MR) is 79.1 cm³/mol. The molecule has 0 unspecified atom stereocenters. The lowest BCUT2D eigenvalue weighted by molar-refractivity contribution is -0.380. The number of rotatable bonds is 5. The molecule has 1 amide bonds. The van der Waals surface area contributed by atoms with Gasteiger partial charge in [-0.15, -0.1) is 0 Å². The van der Waals surface area contributed by atoms with Crippen LogP contribution in [0.1, 0.15) is 18.4 Å². The van der Waals surface area contributed by atoms with E-state index in [1.165, 1.54) is 0 Å². The Morgan fingerprint density at radius 3 is 2.81 bits per heavy atom. The summed E-state index contributed by atoms with van der Waals surface area (Å²) in [6, 6.07) is 1.54. The van der Waals surface area contributed by atoms with Crippen LogP contribution in [0.25, 0.3) is 0 Å². The first-order chi connectivity index (χ1) is 9.95. The van der Waals surface area contributed by atoms with Gasteiger partial charge in [0.15, 0.2) is 0 Å². The third-order valence-corrected chi connectivity index (χ3v) is 4.42. The molecule has 1 fully saturated rings. The van der Waals surface area contributed by atoms with Gasteiger partial charge in [0.05, 0.1) is 17.6 Å². The molecule has 1 aliphatic heterocycles. The molecule has 2 rings (SSSR count). The molecule has 1 aromatic heterocycles. The number of nitro groups is 1. The van der Waals surface area contributed by atoms with Gasteiger partial charge >= 0.3 is 5.00 Å². The van der Waals surface area contributed by atoms with Gasteiger partial charge in [-0.1, -0.05) is 11.3 Å². The molecule has 1 aliphatic rings. The maximum atomic E-state index is 12.1. The molecule has 1 aromatic rings. The van der Waals surface area contributed by atoms with Crippen molar-refractivity contribution in [3.05, 3.63) is 27.1 Å². The number of hydrogen-bond donors (Lipinski definition) is 1. The number of hydrogen-bond acceptors (Lipinski definition) is 6. The summed E-state index contributed by atoms with van der Waals surface area (Å²) in [5, 5.41) is 21.9. The summed E-state index contributed by atoms with van der Waals surface area (Å²) in [4.78, 5) is 26.0. The van der Waals surface area contributed by atoms with Crippen LogP contribution < -0.4 is 0 Å². The van der Waals surface area contributed by atoms with Crippen molar-refractivity contribution >= 4 is 22.2 Å². The number of piperidine rings is 1. The zero-order chi connectivity index (χ0) is 15.4. The van der Waals surface area contributed by atoms with Crippen molar-refractivity contribution in [2.75, 3.05) is 26.7 Å². The van der Waals surface area contributed by atoms with Crippen LogP contribution in [0.3, 0.4) is 0 Å². The highest BCUT2D eigenvalue weighted by Gasteiger charge is 2.22. The first kappa shape index (κ1) is 15.9. The number of amides is 1. The fourth-order valence-corrected chi connectivity index (χ4v) is 3.08. The van der Waals surface area contributed by atoms with Crippen LogP contribution in [0.2, 0.25) is 0 Å². The second kappa shape index (κ2) is 6.97. The minimum absolute atomic E-state index is 0.0362. The van der Waals surface area contributed by atoms with Gasteiger partial charge in [-0.3, -0.25) is 19.8 Å². The van der Waals surface area contributed by atoms with Crippen LogP contribution in [-0.2, 0) is 11.3 Å². The van der Waals surface area contributed by atoms with E-state index < -0.39 is 4.92 Å². The zero-order valence-electron chi connectivity index (χ0n) is 11.9. The van der Waals surface area contributed by atoms with Crippen molar-refractivity contribution in [3.8, 4) is 0 Å². The average Bonchev–Trinajstić information content (AvgIpc) is 2.87. The van der Waals surface area contributed by atoms with E-state index in [1.807, 2.05) is 11.9 Å². The first-order valence-electron chi connectivity index (χ1n) is 6.82. The third kappa shape index (κ3) is 4.48. The molecule has 8 heteroatoms. The van der Waals surface area contributed by atoms with E-state index in [9.17, 15) is 20.0 Å². The van der Waals surface area contributed by atoms with Crippen LogP contribution >= 0.6 is 11.3 Å². The van der Waals surface area contributed by atoms with E-state index in [1.54, 1.807) is 16.3 Å². The lowest BCUT2D eigenvalue weighted by Crippen LogP contribution is -2.44. The van der Waals surface area contributed by atoms with Crippen LogP contribution in [0, 0.1) is 10.1 Å². The molecule has 7 nitrogen and oxygen atoms in total. The van der Waals surface area contributed by atoms with Crippen molar-refractivity contribution < 1.29 is 14.8 Å². The van der Waals surface area contributed by atoms with Gasteiger partial charge in [0.25, 0.3) is 0 Å². The first-order valence-corrected chi connectivity index (χ1v) is 7.70. The average molecular weight is 313 g/mol. The Hall–Kier alpha value is -1.51. The Morgan fingerprint density at radius 1 is 1.57 bits per heavy atom. The number of aliphatic hydroxyl groups is 1. The van der Waals surface area contributed by atoms with E-state index in [4.69, 9.17) is 0 Å². The third-order valence-electron chi connectivity index (χ3n) is 3.49. The van der Waals surface area contributed by atoms with E-state index in [0.29, 0.717) is 32.5 Å². The Bertz CT molecular complexity index is 511. The van der Waals surface area contributed by atoms with Crippen LogP contribution in [-0.4, -0.2) is 58.5 Å². The van der Waals surface area contributed by atoms with E-state index >= 15 is 0 Å². The van der Waals surface area contributed by atoms with Crippen molar-refractivity contribution in [1.82, 2.24) is 9.80 Å². The molecular formula is C13H19N3O4S. The molecule has 1 saturated heterocycles. The summed E-state index contributed by atoms with van der Waals surface area (Å²) in [6.07, 6.45) is 0.969. The zero-order valence-corrected chi connectivity index (χ0v) is 12.7. The molecule has 0 radical (unpaired) electrons. The molecule has 1 N–H and O–H groups in total. The van der Waals surface area contributed by atoms with Gasteiger partial charge in [0.2, 0.25) is 5.91 Å². The predicted octanol–water partition coefficient (Wildman–Crippen LogP) is 1.07. The quantitative estimate of drug-likeness (QED) is 0.649. The van der Waals surface area contributed by atoms with Crippen LogP contribution in [0.5, 0.6) is 0 Å². The van der Waals surface area contributed by atoms with E-state index in [2.05, 4.69) is 0 Å². The molecule has 0 spiro atoms. The number of nitrogens with zero attached hydrogens (tertiary/aromatic N) is 3. The fraction of sp³-hybridized carbons (Fsp3) is 0.615. The molecule has 2 heterocycles. The van der Waals surface area contributed by atoms with Crippen LogP contribution in [0.4, 0.5) is 5.00 Å². The Labute approximate surface area is 126 Å². The molecule has 0 aliphatic carbocycles. The maximum absolute atomic E-state index is 12.1. The van der Waals surface area contributed by atoms with Crippen molar-refractivity contribution in [1.29, 1.82) is 0 Å². The monoisotopic (exact) mass is 313 g/mol. The lowest BCUT2D eigenvalue weighted by atomic mass is 10.1. The minimum Gasteiger partial charge on any atom is -0.393 e. The van der Waals surface area contributed by atoms with Gasteiger partial charge in [-0.2, -0.15) is 0 Å². The Balaban J connectivity index is 1.81. The minimum atomic E-state index is -0.404. The number of carbonyl (C=O) groups is 1. The van der Waals surface area contributed by atoms with Gasteiger partial charge in [-0.05, 0) is 25.5 Å². The summed E-state index contributed by atoms with van der Waals surface area (Å²) in [5.74, 6) is 0.0362. The van der Waals surface area contributed by atoms with Crippen molar-refractivity contribution in [2.45, 2.75) is 25.5 Å². The largest absolute Gasteiger partial charge is 0.393 e. The number of carbonyl (C=O) groups excluding carboxylic acids is 1. The highest BCUT2D eigenvalue weighted by molar-refractivity contribution is 7.13. The van der Waals surface area contributed by atoms with Gasteiger partial charge in [0.1, 0.15) is 0 Å². The Morgan fingerprint density at radius 2 is 2.24 bits per heavy atom. The summed E-state index contributed by atoms with van der Waals surface area (Å²) in [6.45, 7) is 1.97. The SMILES string of the molecule is CN(CC(=O)N1CCC(O)CC1)Cc1csc([N+](=O)[O-])c1. The second-order valence-corrected chi connectivity index (χ2v) is 6.22. The van der Waals surface area contributed by atoms with Gasteiger partial charge < -0.3 is 10.0 Å². The van der Waals surface area contributed by atoms with Gasteiger partial charge in [-0.25, -0.2) is 0 Å². The molecule has 0 atom stereocenters. The van der Waals surface area contributed by atoms with Crippen LogP contribution in [0.15, 0.2) is 11.4 Å². The standard InChI is InChI=1S/C13H19N3O4S/c1-14(7-10-6-13(16(19)20)21-9-10)8-12(18)15-4-2-11(17)3-5-15/h6,9,11,17H,2-5,7-8H2,1H3. The molecule has 0 bridgehead atoms. The Kier molecular flexibility index (Phi) is 5.27. The van der Waals surface area contributed by atoms with E-state index in [-0.39, 0.29) is 23.6 Å². The number of aliphatic hydroxyl groups excluding tert-OH is 1. The molecule has 0 saturated carbocycles. The summed E-state index contributed by atoms with van der Waals surface area (Å²) in [7, 11) is 1.82. The topological polar surface area (TPSA) is 86.9 Å². The second-order valence-electron chi connectivity index (χ2n) is 5.33. The highest BCUT2D eigenvalue weighted by atomic mass is 32.1. The van der Waals surface area contributed by atoms with E-state index in [0.717, 1.165) is 16.9 Å². The molecule has 0 aromatic carbocycles.